The number of rotatable bonds is 5. The highest BCUT2D eigenvalue weighted by molar-refractivity contribution is 7.80. The lowest BCUT2D eigenvalue weighted by Gasteiger charge is -2.32. The van der Waals surface area contributed by atoms with Gasteiger partial charge in [-0.05, 0) is 23.5 Å². The summed E-state index contributed by atoms with van der Waals surface area (Å²) in [6, 6.07) is 0. The van der Waals surface area contributed by atoms with Crippen LogP contribution in [0.4, 0.5) is 0 Å². The molecule has 0 aliphatic carbocycles. The van der Waals surface area contributed by atoms with Gasteiger partial charge in [0.1, 0.15) is 0 Å². The summed E-state index contributed by atoms with van der Waals surface area (Å²) in [5.41, 5.74) is 0.511. The van der Waals surface area contributed by atoms with E-state index >= 15 is 0 Å². The van der Waals surface area contributed by atoms with Crippen LogP contribution >= 0.6 is 12.6 Å². The van der Waals surface area contributed by atoms with Gasteiger partial charge in [0, 0.05) is 0 Å². The van der Waals surface area contributed by atoms with E-state index in [4.69, 9.17) is 0 Å². The van der Waals surface area contributed by atoms with Gasteiger partial charge in [-0.25, -0.2) is 0 Å². The molecule has 0 saturated heterocycles. The summed E-state index contributed by atoms with van der Waals surface area (Å²) in [7, 11) is 0. The van der Waals surface area contributed by atoms with Gasteiger partial charge in [-0.3, -0.25) is 0 Å². The van der Waals surface area contributed by atoms with Crippen LogP contribution in [-0.4, -0.2) is 5.75 Å². The van der Waals surface area contributed by atoms with Gasteiger partial charge in [0.2, 0.25) is 0 Å². The molecule has 0 aliphatic rings. The summed E-state index contributed by atoms with van der Waals surface area (Å²) < 4.78 is 0. The minimum Gasteiger partial charge on any atom is -0.179 e. The summed E-state index contributed by atoms with van der Waals surface area (Å²) in [6.07, 6.45) is 3.83. The first-order valence-electron chi connectivity index (χ1n) is 4.69. The summed E-state index contributed by atoms with van der Waals surface area (Å²) >= 11 is 4.28. The first-order chi connectivity index (χ1) is 5.08. The van der Waals surface area contributed by atoms with Crippen molar-refractivity contribution in [2.45, 2.75) is 47.0 Å². The lowest BCUT2D eigenvalue weighted by molar-refractivity contribution is 0.192. The van der Waals surface area contributed by atoms with Crippen LogP contribution in [-0.2, 0) is 0 Å². The Morgan fingerprint density at radius 1 is 1.27 bits per heavy atom. The maximum atomic E-state index is 4.28. The van der Waals surface area contributed by atoms with Gasteiger partial charge in [0.15, 0.2) is 0 Å². The quantitative estimate of drug-likeness (QED) is 0.603. The minimum absolute atomic E-state index is 0.511. The highest BCUT2D eigenvalue weighted by Gasteiger charge is 2.24. The molecule has 0 aromatic carbocycles. The molecule has 11 heavy (non-hydrogen) atoms. The monoisotopic (exact) mass is 174 g/mol. The SMILES string of the molecule is CCC(CCS)C(C)(C)CC. The van der Waals surface area contributed by atoms with Crippen LogP contribution in [0.15, 0.2) is 0 Å². The number of hydrogen-bond acceptors (Lipinski definition) is 1. The Kier molecular flexibility index (Phi) is 5.24. The second kappa shape index (κ2) is 5.08. The maximum absolute atomic E-state index is 4.28. The van der Waals surface area contributed by atoms with Crippen LogP contribution in [0.5, 0.6) is 0 Å². The van der Waals surface area contributed by atoms with Crippen molar-refractivity contribution >= 4 is 12.6 Å². The third kappa shape index (κ3) is 3.50. The van der Waals surface area contributed by atoms with Crippen molar-refractivity contribution in [3.63, 3.8) is 0 Å². The molecule has 0 N–H and O–H groups in total. The fraction of sp³-hybridized carbons (Fsp3) is 1.00. The molecule has 0 nitrogen and oxygen atoms in total. The Morgan fingerprint density at radius 2 is 1.82 bits per heavy atom. The van der Waals surface area contributed by atoms with Gasteiger partial charge < -0.3 is 0 Å². The molecule has 0 aromatic rings. The molecule has 0 aromatic heterocycles. The van der Waals surface area contributed by atoms with E-state index in [-0.39, 0.29) is 0 Å². The third-order valence-electron chi connectivity index (χ3n) is 2.99. The highest BCUT2D eigenvalue weighted by Crippen LogP contribution is 2.35. The Balaban J connectivity index is 3.99. The predicted molar refractivity (Wildman–Crippen MR) is 56.3 cm³/mol. The van der Waals surface area contributed by atoms with Crippen molar-refractivity contribution in [1.29, 1.82) is 0 Å². The number of hydrogen-bond donors (Lipinski definition) is 1. The van der Waals surface area contributed by atoms with Gasteiger partial charge in [-0.2, -0.15) is 12.6 Å². The van der Waals surface area contributed by atoms with Crippen LogP contribution in [0.3, 0.4) is 0 Å². The van der Waals surface area contributed by atoms with Crippen molar-refractivity contribution in [2.75, 3.05) is 5.75 Å². The zero-order chi connectivity index (χ0) is 8.91. The van der Waals surface area contributed by atoms with Gasteiger partial charge >= 0.3 is 0 Å². The zero-order valence-electron chi connectivity index (χ0n) is 8.35. The third-order valence-corrected chi connectivity index (χ3v) is 3.24. The Morgan fingerprint density at radius 3 is 2.09 bits per heavy atom. The topological polar surface area (TPSA) is 0 Å². The Hall–Kier alpha value is 0.350. The molecule has 0 fully saturated rings. The van der Waals surface area contributed by atoms with Crippen molar-refractivity contribution in [3.8, 4) is 0 Å². The molecule has 1 heteroatoms. The molecule has 0 radical (unpaired) electrons. The van der Waals surface area contributed by atoms with Crippen molar-refractivity contribution in [1.82, 2.24) is 0 Å². The summed E-state index contributed by atoms with van der Waals surface area (Å²) in [4.78, 5) is 0. The van der Waals surface area contributed by atoms with E-state index < -0.39 is 0 Å². The standard InChI is InChI=1S/C10H22S/c1-5-9(7-8-11)10(3,4)6-2/h9,11H,5-8H2,1-4H3. The van der Waals surface area contributed by atoms with Crippen molar-refractivity contribution < 1.29 is 0 Å². The van der Waals surface area contributed by atoms with E-state index in [9.17, 15) is 0 Å². The van der Waals surface area contributed by atoms with E-state index in [1.54, 1.807) is 0 Å². The lowest BCUT2D eigenvalue weighted by atomic mass is 9.74. The first-order valence-corrected chi connectivity index (χ1v) is 5.32. The molecular weight excluding hydrogens is 152 g/mol. The van der Waals surface area contributed by atoms with Crippen LogP contribution in [0.2, 0.25) is 0 Å². The fourth-order valence-electron chi connectivity index (χ4n) is 1.59. The van der Waals surface area contributed by atoms with Gasteiger partial charge in [0.05, 0.1) is 0 Å². The fourth-order valence-corrected chi connectivity index (χ4v) is 1.90. The van der Waals surface area contributed by atoms with Gasteiger partial charge in [-0.1, -0.05) is 40.5 Å². The second-order valence-electron chi connectivity index (χ2n) is 3.96. The van der Waals surface area contributed by atoms with Crippen LogP contribution in [0.1, 0.15) is 47.0 Å². The zero-order valence-corrected chi connectivity index (χ0v) is 9.25. The smallest absolute Gasteiger partial charge is 0.00951 e. The molecule has 0 aliphatic heterocycles. The lowest BCUT2D eigenvalue weighted by Crippen LogP contribution is -2.23. The summed E-state index contributed by atoms with van der Waals surface area (Å²) in [6.45, 7) is 9.29. The predicted octanol–water partition coefficient (Wildman–Crippen LogP) is 3.77. The molecule has 1 atom stereocenters. The molecule has 0 heterocycles. The van der Waals surface area contributed by atoms with E-state index in [1.165, 1.54) is 19.3 Å². The average molecular weight is 174 g/mol. The van der Waals surface area contributed by atoms with E-state index in [0.29, 0.717) is 5.41 Å². The van der Waals surface area contributed by atoms with Crippen molar-refractivity contribution in [3.05, 3.63) is 0 Å². The minimum atomic E-state index is 0.511. The second-order valence-corrected chi connectivity index (χ2v) is 4.41. The van der Waals surface area contributed by atoms with Gasteiger partial charge in [-0.15, -0.1) is 0 Å². The molecule has 0 saturated carbocycles. The first kappa shape index (κ1) is 11.4. The molecule has 1 unspecified atom stereocenters. The summed E-state index contributed by atoms with van der Waals surface area (Å²) in [5.74, 6) is 1.88. The maximum Gasteiger partial charge on any atom is -0.00951 e. The Bertz CT molecular complexity index is 97.0. The van der Waals surface area contributed by atoms with E-state index in [0.717, 1.165) is 11.7 Å². The molecule has 0 rings (SSSR count). The van der Waals surface area contributed by atoms with Crippen LogP contribution in [0.25, 0.3) is 0 Å². The van der Waals surface area contributed by atoms with E-state index in [2.05, 4.69) is 40.3 Å². The van der Waals surface area contributed by atoms with Gasteiger partial charge in [0.25, 0.3) is 0 Å². The molecule has 0 bridgehead atoms. The Labute approximate surface area is 77.2 Å². The summed E-state index contributed by atoms with van der Waals surface area (Å²) in [5, 5.41) is 0. The number of thiol groups is 1. The van der Waals surface area contributed by atoms with E-state index in [1.807, 2.05) is 0 Å². The van der Waals surface area contributed by atoms with Crippen molar-refractivity contribution in [2.24, 2.45) is 11.3 Å². The molecule has 68 valence electrons. The molecule has 0 spiro atoms. The average Bonchev–Trinajstić information content (AvgIpc) is 2.00. The van der Waals surface area contributed by atoms with Crippen LogP contribution < -0.4 is 0 Å². The molecular formula is C10H22S. The largest absolute Gasteiger partial charge is 0.179 e. The molecule has 0 amide bonds. The highest BCUT2D eigenvalue weighted by atomic mass is 32.1. The normalized spacial score (nSPS) is 15.0. The van der Waals surface area contributed by atoms with Crippen LogP contribution in [0, 0.1) is 11.3 Å².